The first-order valence-electron chi connectivity index (χ1n) is 4.76. The van der Waals surface area contributed by atoms with E-state index in [4.69, 9.17) is 4.74 Å². The van der Waals surface area contributed by atoms with Gasteiger partial charge in [-0.2, -0.15) is 0 Å². The van der Waals surface area contributed by atoms with Crippen LogP contribution in [0.5, 0.6) is 0 Å². The highest BCUT2D eigenvalue weighted by molar-refractivity contribution is 5.31. The second-order valence-electron chi connectivity index (χ2n) is 3.19. The summed E-state index contributed by atoms with van der Waals surface area (Å²) in [6.07, 6.45) is 2.92. The van der Waals surface area contributed by atoms with Crippen molar-refractivity contribution < 1.29 is 4.74 Å². The van der Waals surface area contributed by atoms with E-state index in [0.29, 0.717) is 0 Å². The second kappa shape index (κ2) is 3.79. The molecule has 1 aromatic rings. The molecule has 0 aromatic carbocycles. The van der Waals surface area contributed by atoms with Gasteiger partial charge in [0.2, 0.25) is 5.95 Å². The van der Waals surface area contributed by atoms with Crippen molar-refractivity contribution >= 4 is 5.95 Å². The van der Waals surface area contributed by atoms with Gasteiger partial charge in [0.05, 0.1) is 19.4 Å². The zero-order valence-electron chi connectivity index (χ0n) is 7.92. The van der Waals surface area contributed by atoms with Crippen LogP contribution in [0.4, 0.5) is 5.95 Å². The SMILES string of the molecule is CCc1cnc(N2CCOCC2)[nH]1. The van der Waals surface area contributed by atoms with Crippen LogP contribution in [0.25, 0.3) is 0 Å². The zero-order valence-corrected chi connectivity index (χ0v) is 7.92. The third-order valence-corrected chi connectivity index (χ3v) is 2.31. The van der Waals surface area contributed by atoms with E-state index in [1.807, 2.05) is 6.20 Å². The van der Waals surface area contributed by atoms with Crippen LogP contribution in [-0.2, 0) is 11.2 Å². The van der Waals surface area contributed by atoms with E-state index < -0.39 is 0 Å². The number of hydrogen-bond donors (Lipinski definition) is 1. The minimum Gasteiger partial charge on any atom is -0.378 e. The van der Waals surface area contributed by atoms with Crippen LogP contribution in [0.1, 0.15) is 12.6 Å². The smallest absolute Gasteiger partial charge is 0.203 e. The van der Waals surface area contributed by atoms with Gasteiger partial charge in [0, 0.05) is 18.8 Å². The zero-order chi connectivity index (χ0) is 9.10. The number of nitrogens with zero attached hydrogens (tertiary/aromatic N) is 2. The molecule has 1 N–H and O–H groups in total. The van der Waals surface area contributed by atoms with Gasteiger partial charge in [-0.15, -0.1) is 0 Å². The van der Waals surface area contributed by atoms with Crippen molar-refractivity contribution in [2.24, 2.45) is 0 Å². The van der Waals surface area contributed by atoms with Gasteiger partial charge in [-0.05, 0) is 6.42 Å². The van der Waals surface area contributed by atoms with Crippen molar-refractivity contribution in [2.45, 2.75) is 13.3 Å². The van der Waals surface area contributed by atoms with E-state index in [-0.39, 0.29) is 0 Å². The average Bonchev–Trinajstić information content (AvgIpc) is 2.67. The number of anilines is 1. The van der Waals surface area contributed by atoms with Crippen molar-refractivity contribution in [1.29, 1.82) is 0 Å². The van der Waals surface area contributed by atoms with Gasteiger partial charge in [-0.1, -0.05) is 6.92 Å². The third kappa shape index (κ3) is 1.83. The predicted octanol–water partition coefficient (Wildman–Crippen LogP) is 0.809. The van der Waals surface area contributed by atoms with E-state index in [2.05, 4.69) is 21.8 Å². The normalized spacial score (nSPS) is 17.8. The molecule has 2 heterocycles. The molecule has 0 radical (unpaired) electrons. The van der Waals surface area contributed by atoms with E-state index in [1.165, 1.54) is 5.69 Å². The quantitative estimate of drug-likeness (QED) is 0.734. The Labute approximate surface area is 77.9 Å². The molecule has 1 aromatic heterocycles. The molecule has 0 spiro atoms. The van der Waals surface area contributed by atoms with Crippen molar-refractivity contribution in [1.82, 2.24) is 9.97 Å². The lowest BCUT2D eigenvalue weighted by Crippen LogP contribution is -2.36. The highest BCUT2D eigenvalue weighted by Gasteiger charge is 2.13. The topological polar surface area (TPSA) is 41.2 Å². The average molecular weight is 181 g/mol. The number of morpholine rings is 1. The Bertz CT molecular complexity index is 266. The summed E-state index contributed by atoms with van der Waals surface area (Å²) in [6.45, 7) is 5.62. The summed E-state index contributed by atoms with van der Waals surface area (Å²) >= 11 is 0. The number of ether oxygens (including phenoxy) is 1. The Morgan fingerprint density at radius 1 is 1.54 bits per heavy atom. The fourth-order valence-electron chi connectivity index (χ4n) is 1.46. The molecular weight excluding hydrogens is 166 g/mol. The summed E-state index contributed by atoms with van der Waals surface area (Å²) < 4.78 is 5.27. The molecule has 4 heteroatoms. The number of rotatable bonds is 2. The lowest BCUT2D eigenvalue weighted by atomic mass is 10.4. The van der Waals surface area contributed by atoms with E-state index >= 15 is 0 Å². The molecule has 0 aliphatic carbocycles. The summed E-state index contributed by atoms with van der Waals surface area (Å²) in [6, 6.07) is 0. The molecule has 0 amide bonds. The molecule has 0 atom stereocenters. The van der Waals surface area contributed by atoms with E-state index in [1.54, 1.807) is 0 Å². The molecule has 1 fully saturated rings. The maximum absolute atomic E-state index is 5.27. The Balaban J connectivity index is 2.05. The first-order valence-corrected chi connectivity index (χ1v) is 4.76. The van der Waals surface area contributed by atoms with Crippen LogP contribution >= 0.6 is 0 Å². The Hall–Kier alpha value is -1.03. The molecule has 0 unspecified atom stereocenters. The maximum Gasteiger partial charge on any atom is 0.203 e. The van der Waals surface area contributed by atoms with E-state index in [0.717, 1.165) is 38.7 Å². The van der Waals surface area contributed by atoms with Crippen molar-refractivity contribution in [3.05, 3.63) is 11.9 Å². The van der Waals surface area contributed by atoms with Crippen molar-refractivity contribution in [3.8, 4) is 0 Å². The molecule has 1 aliphatic heterocycles. The largest absolute Gasteiger partial charge is 0.378 e. The fraction of sp³-hybridized carbons (Fsp3) is 0.667. The van der Waals surface area contributed by atoms with Crippen LogP contribution in [0, 0.1) is 0 Å². The lowest BCUT2D eigenvalue weighted by molar-refractivity contribution is 0.122. The molecule has 0 bridgehead atoms. The Morgan fingerprint density at radius 2 is 2.31 bits per heavy atom. The lowest BCUT2D eigenvalue weighted by Gasteiger charge is -2.26. The maximum atomic E-state index is 5.27. The van der Waals surface area contributed by atoms with Crippen LogP contribution in [0.3, 0.4) is 0 Å². The van der Waals surface area contributed by atoms with Crippen LogP contribution in [0.2, 0.25) is 0 Å². The number of H-pyrrole nitrogens is 1. The summed E-state index contributed by atoms with van der Waals surface area (Å²) in [5.74, 6) is 0.986. The minimum atomic E-state index is 0.808. The van der Waals surface area contributed by atoms with E-state index in [9.17, 15) is 0 Å². The molecular formula is C9H15N3O. The highest BCUT2D eigenvalue weighted by Crippen LogP contribution is 2.10. The molecule has 0 saturated carbocycles. The summed E-state index contributed by atoms with van der Waals surface area (Å²) in [4.78, 5) is 9.84. The number of hydrogen-bond acceptors (Lipinski definition) is 3. The van der Waals surface area contributed by atoms with Crippen LogP contribution < -0.4 is 4.90 Å². The van der Waals surface area contributed by atoms with Gasteiger partial charge in [0.25, 0.3) is 0 Å². The summed E-state index contributed by atoms with van der Waals surface area (Å²) in [7, 11) is 0. The van der Waals surface area contributed by atoms with Crippen molar-refractivity contribution in [2.75, 3.05) is 31.2 Å². The van der Waals surface area contributed by atoms with Crippen molar-refractivity contribution in [3.63, 3.8) is 0 Å². The number of imidazole rings is 1. The van der Waals surface area contributed by atoms with Gasteiger partial charge >= 0.3 is 0 Å². The summed E-state index contributed by atoms with van der Waals surface area (Å²) in [5.41, 5.74) is 1.20. The predicted molar refractivity (Wildman–Crippen MR) is 51.0 cm³/mol. The van der Waals surface area contributed by atoms with Gasteiger partial charge in [0.1, 0.15) is 0 Å². The highest BCUT2D eigenvalue weighted by atomic mass is 16.5. The molecule has 72 valence electrons. The first-order chi connectivity index (χ1) is 6.40. The standard InChI is InChI=1S/C9H15N3O/c1-2-8-7-10-9(11-8)12-3-5-13-6-4-12/h7H,2-6H2,1H3,(H,10,11). The van der Waals surface area contributed by atoms with Crippen LogP contribution in [-0.4, -0.2) is 36.3 Å². The van der Waals surface area contributed by atoms with Gasteiger partial charge in [0.15, 0.2) is 0 Å². The monoisotopic (exact) mass is 181 g/mol. The third-order valence-electron chi connectivity index (χ3n) is 2.31. The van der Waals surface area contributed by atoms with Gasteiger partial charge in [-0.3, -0.25) is 0 Å². The molecule has 13 heavy (non-hydrogen) atoms. The molecule has 4 nitrogen and oxygen atoms in total. The van der Waals surface area contributed by atoms with Gasteiger partial charge in [-0.25, -0.2) is 4.98 Å². The number of aromatic amines is 1. The molecule has 1 saturated heterocycles. The van der Waals surface area contributed by atoms with Crippen LogP contribution in [0.15, 0.2) is 6.20 Å². The Morgan fingerprint density at radius 3 is 2.92 bits per heavy atom. The number of aromatic nitrogens is 2. The Kier molecular flexibility index (Phi) is 2.49. The molecule has 1 aliphatic rings. The number of nitrogens with one attached hydrogen (secondary N) is 1. The fourth-order valence-corrected chi connectivity index (χ4v) is 1.46. The minimum absolute atomic E-state index is 0.808. The number of aryl methyl sites for hydroxylation is 1. The molecule has 2 rings (SSSR count). The first kappa shape index (κ1) is 8.56. The summed E-state index contributed by atoms with van der Waals surface area (Å²) in [5, 5.41) is 0. The van der Waals surface area contributed by atoms with Gasteiger partial charge < -0.3 is 14.6 Å². The second-order valence-corrected chi connectivity index (χ2v) is 3.19.